The van der Waals surface area contributed by atoms with Gasteiger partial charge in [-0.3, -0.25) is 14.4 Å². The topological polar surface area (TPSA) is 110 Å². The lowest BCUT2D eigenvalue weighted by Crippen LogP contribution is -2.38. The predicted molar refractivity (Wildman–Crippen MR) is 117 cm³/mol. The summed E-state index contributed by atoms with van der Waals surface area (Å²) in [5.41, 5.74) is 5.11. The quantitative estimate of drug-likeness (QED) is 0.641. The number of carbonyl (C=O) groups is 3. The first-order valence-electron chi connectivity index (χ1n) is 10.8. The predicted octanol–water partition coefficient (Wildman–Crippen LogP) is 3.20. The Morgan fingerprint density at radius 2 is 1.91 bits per heavy atom. The molecule has 2 heterocycles. The summed E-state index contributed by atoms with van der Waals surface area (Å²) in [5, 5.41) is 2.60. The summed E-state index contributed by atoms with van der Waals surface area (Å²) in [6.07, 6.45) is 4.19. The normalized spacial score (nSPS) is 22.7. The molecular formula is C22H24ClF2N5O3. The summed E-state index contributed by atoms with van der Waals surface area (Å²) < 4.78 is 28.9. The van der Waals surface area contributed by atoms with Gasteiger partial charge in [-0.2, -0.15) is 0 Å². The van der Waals surface area contributed by atoms with Gasteiger partial charge in [-0.05, 0) is 45.1 Å². The zero-order chi connectivity index (χ0) is 23.9. The van der Waals surface area contributed by atoms with Crippen LogP contribution in [-0.2, 0) is 4.79 Å². The van der Waals surface area contributed by atoms with Crippen molar-refractivity contribution in [2.24, 2.45) is 11.1 Å². The highest BCUT2D eigenvalue weighted by Gasteiger charge is 2.49. The summed E-state index contributed by atoms with van der Waals surface area (Å²) >= 11 is 6.09. The van der Waals surface area contributed by atoms with Gasteiger partial charge in [0.1, 0.15) is 5.69 Å². The minimum absolute atomic E-state index is 0.0132. The second-order valence-electron chi connectivity index (χ2n) is 8.51. The molecule has 1 spiro atoms. The van der Waals surface area contributed by atoms with Gasteiger partial charge in [0, 0.05) is 25.2 Å². The van der Waals surface area contributed by atoms with E-state index in [-0.39, 0.29) is 34.0 Å². The van der Waals surface area contributed by atoms with Gasteiger partial charge in [0.05, 0.1) is 22.5 Å². The molecule has 176 valence electrons. The molecule has 2 fully saturated rings. The number of imidazole rings is 1. The van der Waals surface area contributed by atoms with E-state index in [1.807, 2.05) is 0 Å². The van der Waals surface area contributed by atoms with Crippen LogP contribution in [0.15, 0.2) is 18.5 Å². The molecule has 11 heteroatoms. The van der Waals surface area contributed by atoms with Crippen molar-refractivity contribution >= 4 is 35.0 Å². The second kappa shape index (κ2) is 8.74. The van der Waals surface area contributed by atoms with Crippen molar-refractivity contribution in [3.05, 3.63) is 46.5 Å². The van der Waals surface area contributed by atoms with Crippen molar-refractivity contribution in [1.29, 1.82) is 0 Å². The third-order valence-electron chi connectivity index (χ3n) is 6.68. The number of rotatable bonds is 5. The Morgan fingerprint density at radius 3 is 2.55 bits per heavy atom. The number of nitrogens with zero attached hydrogens (tertiary/aromatic N) is 3. The number of nitrogens with one attached hydrogen (secondary N) is 1. The van der Waals surface area contributed by atoms with Gasteiger partial charge in [-0.25, -0.2) is 13.8 Å². The Morgan fingerprint density at radius 1 is 1.24 bits per heavy atom. The Kier molecular flexibility index (Phi) is 6.13. The number of amides is 3. The molecule has 1 saturated carbocycles. The minimum Gasteiger partial charge on any atom is -0.364 e. The summed E-state index contributed by atoms with van der Waals surface area (Å²) in [6, 6.07) is 1.67. The maximum Gasteiger partial charge on any atom is 0.272 e. The Balaban J connectivity index is 1.53. The fourth-order valence-corrected chi connectivity index (χ4v) is 5.21. The van der Waals surface area contributed by atoms with Crippen molar-refractivity contribution in [3.8, 4) is 0 Å². The van der Waals surface area contributed by atoms with E-state index in [9.17, 15) is 23.2 Å². The molecule has 0 radical (unpaired) electrons. The molecule has 2 aromatic rings. The van der Waals surface area contributed by atoms with Crippen molar-refractivity contribution < 1.29 is 23.2 Å². The Hall–Kier alpha value is -3.01. The molecule has 1 aromatic carbocycles. The number of halogens is 3. The molecule has 0 bridgehead atoms. The van der Waals surface area contributed by atoms with E-state index in [1.165, 1.54) is 11.2 Å². The third kappa shape index (κ3) is 3.96. The van der Waals surface area contributed by atoms with Crippen molar-refractivity contribution in [1.82, 2.24) is 14.9 Å². The fourth-order valence-electron chi connectivity index (χ4n) is 4.96. The molecule has 1 saturated heterocycles. The smallest absolute Gasteiger partial charge is 0.272 e. The maximum atomic E-state index is 13.8. The first kappa shape index (κ1) is 23.2. The van der Waals surface area contributed by atoms with Crippen LogP contribution in [0.2, 0.25) is 5.02 Å². The van der Waals surface area contributed by atoms with Crippen molar-refractivity contribution in [3.63, 3.8) is 0 Å². The number of hydrogen-bond acceptors (Lipinski definition) is 4. The largest absolute Gasteiger partial charge is 0.364 e. The highest BCUT2D eigenvalue weighted by Crippen LogP contribution is 2.49. The lowest BCUT2D eigenvalue weighted by Gasteiger charge is -2.36. The van der Waals surface area contributed by atoms with Crippen LogP contribution in [0.3, 0.4) is 0 Å². The molecule has 8 nitrogen and oxygen atoms in total. The summed E-state index contributed by atoms with van der Waals surface area (Å²) in [6.45, 7) is 2.50. The Bertz CT molecular complexity index is 1130. The van der Waals surface area contributed by atoms with E-state index >= 15 is 0 Å². The zero-order valence-electron chi connectivity index (χ0n) is 18.0. The van der Waals surface area contributed by atoms with Gasteiger partial charge in [0.25, 0.3) is 11.8 Å². The third-order valence-corrected chi connectivity index (χ3v) is 6.98. The van der Waals surface area contributed by atoms with Crippen LogP contribution < -0.4 is 16.0 Å². The highest BCUT2D eigenvalue weighted by atomic mass is 35.5. The molecule has 1 aromatic heterocycles. The molecular weight excluding hydrogens is 456 g/mol. The van der Waals surface area contributed by atoms with Crippen LogP contribution in [0, 0.1) is 17.0 Å². The van der Waals surface area contributed by atoms with Crippen LogP contribution in [0.25, 0.3) is 0 Å². The molecule has 3 amide bonds. The number of aromatic nitrogens is 2. The SMILES string of the molecule is CCNC(=O)c1ncn(C2CCC3(CC2)CCN(c2cc(F)c(F)cc2Cl)C3=O)c1C(N)=O. The molecule has 1 aliphatic carbocycles. The van der Waals surface area contributed by atoms with Crippen LogP contribution >= 0.6 is 11.6 Å². The molecule has 33 heavy (non-hydrogen) atoms. The van der Waals surface area contributed by atoms with Crippen LogP contribution in [-0.4, -0.2) is 40.4 Å². The van der Waals surface area contributed by atoms with Gasteiger partial charge in [0.15, 0.2) is 17.3 Å². The monoisotopic (exact) mass is 479 g/mol. The Labute approximate surface area is 194 Å². The van der Waals surface area contributed by atoms with Gasteiger partial charge >= 0.3 is 0 Å². The first-order valence-corrected chi connectivity index (χ1v) is 11.2. The molecule has 1 aliphatic heterocycles. The van der Waals surface area contributed by atoms with Gasteiger partial charge in [0.2, 0.25) is 5.91 Å². The van der Waals surface area contributed by atoms with E-state index in [0.717, 1.165) is 12.1 Å². The van der Waals surface area contributed by atoms with E-state index < -0.39 is 28.9 Å². The summed E-state index contributed by atoms with van der Waals surface area (Å²) in [4.78, 5) is 43.2. The van der Waals surface area contributed by atoms with Gasteiger partial charge in [-0.15, -0.1) is 0 Å². The van der Waals surface area contributed by atoms with Gasteiger partial charge in [-0.1, -0.05) is 11.6 Å². The van der Waals surface area contributed by atoms with E-state index in [4.69, 9.17) is 17.3 Å². The molecule has 4 rings (SSSR count). The number of nitrogens with two attached hydrogens (primary N) is 1. The number of carbonyl (C=O) groups excluding carboxylic acids is 3. The average Bonchev–Trinajstić information content (AvgIpc) is 3.35. The van der Waals surface area contributed by atoms with Crippen LogP contribution in [0.5, 0.6) is 0 Å². The van der Waals surface area contributed by atoms with E-state index in [0.29, 0.717) is 45.2 Å². The van der Waals surface area contributed by atoms with Crippen molar-refractivity contribution in [2.75, 3.05) is 18.0 Å². The standard InChI is InChI=1S/C22H24ClF2N5O3/c1-2-27-20(32)17-18(19(26)31)30(11-28-17)12-3-5-22(6-4-12)7-8-29(21(22)33)16-10-15(25)14(24)9-13(16)23/h9-12H,2-8H2,1H3,(H2,26,31)(H,27,32). The van der Waals surface area contributed by atoms with Crippen molar-refractivity contribution in [2.45, 2.75) is 45.1 Å². The van der Waals surface area contributed by atoms with E-state index in [2.05, 4.69) is 10.3 Å². The zero-order valence-corrected chi connectivity index (χ0v) is 18.8. The second-order valence-corrected chi connectivity index (χ2v) is 8.92. The van der Waals surface area contributed by atoms with Gasteiger partial charge < -0.3 is 20.5 Å². The molecule has 0 atom stereocenters. The maximum absolute atomic E-state index is 13.8. The molecule has 0 unspecified atom stereocenters. The first-order chi connectivity index (χ1) is 15.7. The summed E-state index contributed by atoms with van der Waals surface area (Å²) in [7, 11) is 0. The number of benzene rings is 1. The lowest BCUT2D eigenvalue weighted by molar-refractivity contribution is -0.127. The highest BCUT2D eigenvalue weighted by molar-refractivity contribution is 6.34. The number of primary amides is 1. The van der Waals surface area contributed by atoms with Crippen LogP contribution in [0.1, 0.15) is 66.0 Å². The average molecular weight is 480 g/mol. The lowest BCUT2D eigenvalue weighted by atomic mass is 9.71. The summed E-state index contributed by atoms with van der Waals surface area (Å²) in [5.74, 6) is -3.51. The number of hydrogen-bond donors (Lipinski definition) is 2. The van der Waals surface area contributed by atoms with E-state index in [1.54, 1.807) is 11.5 Å². The van der Waals surface area contributed by atoms with Crippen LogP contribution in [0.4, 0.5) is 14.5 Å². The number of anilines is 1. The fraction of sp³-hybridized carbons (Fsp3) is 0.455. The molecule has 3 N–H and O–H groups in total. The minimum atomic E-state index is -1.07. The molecule has 2 aliphatic rings.